The van der Waals surface area contributed by atoms with Crippen molar-refractivity contribution in [3.8, 4) is 0 Å². The Morgan fingerprint density at radius 2 is 2.16 bits per heavy atom. The molecular formula is C19H28N4O2. The van der Waals surface area contributed by atoms with E-state index in [-0.39, 0.29) is 23.5 Å². The third kappa shape index (κ3) is 3.07. The molecule has 25 heavy (non-hydrogen) atoms. The molecule has 136 valence electrons. The third-order valence-corrected chi connectivity index (χ3v) is 5.89. The molecule has 1 amide bonds. The van der Waals surface area contributed by atoms with Crippen molar-refractivity contribution in [1.82, 2.24) is 19.7 Å². The lowest BCUT2D eigenvalue weighted by Crippen LogP contribution is -2.78. The van der Waals surface area contributed by atoms with Gasteiger partial charge in [0.15, 0.2) is 0 Å². The lowest BCUT2D eigenvalue weighted by Gasteiger charge is -2.61. The largest absolute Gasteiger partial charge is 0.392 e. The van der Waals surface area contributed by atoms with E-state index in [4.69, 9.17) is 0 Å². The highest BCUT2D eigenvalue weighted by atomic mass is 16.3. The van der Waals surface area contributed by atoms with Crippen LogP contribution in [0, 0.1) is 5.92 Å². The van der Waals surface area contributed by atoms with Crippen molar-refractivity contribution < 1.29 is 9.90 Å². The predicted octanol–water partition coefficient (Wildman–Crippen LogP) is 0.569. The highest BCUT2D eigenvalue weighted by Crippen LogP contribution is 2.39. The number of aromatic nitrogens is 1. The number of fused-ring (bicyclic) bond motifs is 2. The molecule has 4 rings (SSSR count). The molecule has 2 atom stereocenters. The number of pyridine rings is 1. The van der Waals surface area contributed by atoms with Crippen LogP contribution in [0.1, 0.15) is 25.8 Å². The number of carbonyl (C=O) groups is 1. The van der Waals surface area contributed by atoms with Crippen LogP contribution < -0.4 is 0 Å². The maximum Gasteiger partial charge on any atom is 0.225 e. The molecule has 0 bridgehead atoms. The van der Waals surface area contributed by atoms with E-state index in [1.54, 1.807) is 6.20 Å². The summed E-state index contributed by atoms with van der Waals surface area (Å²) in [6.45, 7) is 9.04. The van der Waals surface area contributed by atoms with Gasteiger partial charge in [0.05, 0.1) is 11.6 Å². The van der Waals surface area contributed by atoms with Gasteiger partial charge in [-0.1, -0.05) is 19.9 Å². The number of aliphatic hydroxyl groups is 1. The highest BCUT2D eigenvalue weighted by molar-refractivity contribution is 5.78. The van der Waals surface area contributed by atoms with Gasteiger partial charge < -0.3 is 10.0 Å². The molecule has 1 aromatic heterocycles. The first kappa shape index (κ1) is 16.9. The van der Waals surface area contributed by atoms with Gasteiger partial charge in [0.25, 0.3) is 0 Å². The number of hydrogen-bond donors (Lipinski definition) is 1. The average molecular weight is 344 g/mol. The Labute approximate surface area is 149 Å². The molecule has 1 N–H and O–H groups in total. The number of likely N-dealkylation sites (tertiary alicyclic amines) is 1. The predicted molar refractivity (Wildman–Crippen MR) is 94.8 cm³/mol. The van der Waals surface area contributed by atoms with E-state index in [9.17, 15) is 9.90 Å². The fourth-order valence-corrected chi connectivity index (χ4v) is 4.87. The summed E-state index contributed by atoms with van der Waals surface area (Å²) >= 11 is 0. The molecule has 1 spiro atoms. The fourth-order valence-electron chi connectivity index (χ4n) is 4.87. The molecule has 6 heteroatoms. The van der Waals surface area contributed by atoms with Crippen molar-refractivity contribution in [1.29, 1.82) is 0 Å². The number of nitrogens with zero attached hydrogens (tertiary/aromatic N) is 4. The number of amides is 1. The lowest BCUT2D eigenvalue weighted by molar-refractivity contribution is -0.153. The van der Waals surface area contributed by atoms with Gasteiger partial charge in [0, 0.05) is 63.6 Å². The standard InChI is InChI=1S/C19H28N4O2/c1-14(2)18(25)22-9-16-6-17(24)10-23(16)19(13-22)11-21(12-19)8-15-4-3-5-20-7-15/h3-5,7,14,16-17,24H,6,8-13H2,1-2H3/t16-,17+/m0/s1. The Morgan fingerprint density at radius 1 is 1.36 bits per heavy atom. The first-order valence-electron chi connectivity index (χ1n) is 9.32. The molecule has 0 radical (unpaired) electrons. The summed E-state index contributed by atoms with van der Waals surface area (Å²) in [5.41, 5.74) is 1.23. The van der Waals surface area contributed by atoms with Crippen molar-refractivity contribution in [2.45, 2.75) is 44.5 Å². The number of piperazine rings is 1. The zero-order valence-electron chi connectivity index (χ0n) is 15.1. The Morgan fingerprint density at radius 3 is 2.84 bits per heavy atom. The van der Waals surface area contributed by atoms with E-state index < -0.39 is 0 Å². The van der Waals surface area contributed by atoms with Crippen LogP contribution in [0.5, 0.6) is 0 Å². The minimum atomic E-state index is -0.261. The summed E-state index contributed by atoms with van der Waals surface area (Å²) in [6, 6.07) is 4.38. The van der Waals surface area contributed by atoms with Crippen molar-refractivity contribution in [3.05, 3.63) is 30.1 Å². The van der Waals surface area contributed by atoms with Crippen LogP contribution in [0.4, 0.5) is 0 Å². The second kappa shape index (κ2) is 6.34. The summed E-state index contributed by atoms with van der Waals surface area (Å²) in [6.07, 6.45) is 4.24. The Kier molecular flexibility index (Phi) is 4.30. The molecule has 3 saturated heterocycles. The number of rotatable bonds is 3. The maximum absolute atomic E-state index is 12.6. The first-order valence-corrected chi connectivity index (χ1v) is 9.32. The van der Waals surface area contributed by atoms with Crippen LogP contribution in [0.2, 0.25) is 0 Å². The van der Waals surface area contributed by atoms with Gasteiger partial charge in [-0.3, -0.25) is 19.6 Å². The van der Waals surface area contributed by atoms with E-state index in [2.05, 4.69) is 20.9 Å². The van der Waals surface area contributed by atoms with E-state index in [0.717, 1.165) is 45.7 Å². The molecule has 0 aliphatic carbocycles. The van der Waals surface area contributed by atoms with Crippen LogP contribution in [-0.2, 0) is 11.3 Å². The first-order chi connectivity index (χ1) is 12.0. The van der Waals surface area contributed by atoms with Crippen LogP contribution in [-0.4, -0.2) is 81.1 Å². The number of β-amino-alcohol motifs (C(OH)–C–C–N with tert-alkyl or cyclic N) is 1. The summed E-state index contributed by atoms with van der Waals surface area (Å²) in [5, 5.41) is 10.2. The van der Waals surface area contributed by atoms with Crippen LogP contribution >= 0.6 is 0 Å². The molecule has 0 saturated carbocycles. The Bertz CT molecular complexity index is 630. The average Bonchev–Trinajstić information content (AvgIpc) is 2.94. The second-order valence-corrected chi connectivity index (χ2v) is 8.30. The molecule has 0 unspecified atom stereocenters. The van der Waals surface area contributed by atoms with Crippen LogP contribution in [0.25, 0.3) is 0 Å². The zero-order chi connectivity index (χ0) is 17.6. The molecule has 3 aliphatic heterocycles. The molecule has 3 aliphatic rings. The van der Waals surface area contributed by atoms with Crippen molar-refractivity contribution in [2.75, 3.05) is 32.7 Å². The minimum absolute atomic E-state index is 0.00710. The summed E-state index contributed by atoms with van der Waals surface area (Å²) in [4.78, 5) is 23.7. The fraction of sp³-hybridized carbons (Fsp3) is 0.684. The zero-order valence-corrected chi connectivity index (χ0v) is 15.1. The molecule has 6 nitrogen and oxygen atoms in total. The maximum atomic E-state index is 12.6. The van der Waals surface area contributed by atoms with Gasteiger partial charge in [-0.15, -0.1) is 0 Å². The van der Waals surface area contributed by atoms with Gasteiger partial charge in [-0.05, 0) is 18.1 Å². The van der Waals surface area contributed by atoms with E-state index in [1.165, 1.54) is 5.56 Å². The number of hydrogen-bond acceptors (Lipinski definition) is 5. The number of aliphatic hydroxyl groups excluding tert-OH is 1. The normalized spacial score (nSPS) is 29.0. The van der Waals surface area contributed by atoms with Crippen molar-refractivity contribution >= 4 is 5.91 Å². The quantitative estimate of drug-likeness (QED) is 0.869. The van der Waals surface area contributed by atoms with E-state index in [0.29, 0.717) is 6.04 Å². The molecule has 0 aromatic carbocycles. The Balaban J connectivity index is 1.48. The highest BCUT2D eigenvalue weighted by Gasteiger charge is 2.56. The molecule has 4 heterocycles. The minimum Gasteiger partial charge on any atom is -0.392 e. The van der Waals surface area contributed by atoms with Gasteiger partial charge in [-0.2, -0.15) is 0 Å². The molecule has 3 fully saturated rings. The van der Waals surface area contributed by atoms with Gasteiger partial charge in [0.1, 0.15) is 0 Å². The van der Waals surface area contributed by atoms with Crippen molar-refractivity contribution in [3.63, 3.8) is 0 Å². The van der Waals surface area contributed by atoms with Gasteiger partial charge in [-0.25, -0.2) is 0 Å². The van der Waals surface area contributed by atoms with Crippen LogP contribution in [0.3, 0.4) is 0 Å². The molecular weight excluding hydrogens is 316 g/mol. The van der Waals surface area contributed by atoms with E-state index >= 15 is 0 Å². The topological polar surface area (TPSA) is 59.9 Å². The summed E-state index contributed by atoms with van der Waals surface area (Å²) < 4.78 is 0. The van der Waals surface area contributed by atoms with Crippen molar-refractivity contribution in [2.24, 2.45) is 5.92 Å². The summed E-state index contributed by atoms with van der Waals surface area (Å²) in [5.74, 6) is 0.271. The summed E-state index contributed by atoms with van der Waals surface area (Å²) in [7, 11) is 0. The monoisotopic (exact) mass is 344 g/mol. The number of carbonyl (C=O) groups excluding carboxylic acids is 1. The van der Waals surface area contributed by atoms with Gasteiger partial charge in [0.2, 0.25) is 5.91 Å². The van der Waals surface area contributed by atoms with Crippen LogP contribution in [0.15, 0.2) is 24.5 Å². The smallest absolute Gasteiger partial charge is 0.225 e. The third-order valence-electron chi connectivity index (χ3n) is 5.89. The Hall–Kier alpha value is -1.50. The molecule has 1 aromatic rings. The van der Waals surface area contributed by atoms with Gasteiger partial charge >= 0.3 is 0 Å². The SMILES string of the molecule is CC(C)C(=O)N1C[C@@H]2C[C@@H](O)CN2C2(CN(Cc3cccnc3)C2)C1. The van der Waals surface area contributed by atoms with E-state index in [1.807, 2.05) is 31.0 Å². The second-order valence-electron chi connectivity index (χ2n) is 8.30. The lowest BCUT2D eigenvalue weighted by atomic mass is 9.83.